The van der Waals surface area contributed by atoms with Crippen molar-refractivity contribution in [3.8, 4) is 0 Å². The Morgan fingerprint density at radius 2 is 2.10 bits per heavy atom. The van der Waals surface area contributed by atoms with Gasteiger partial charge >= 0.3 is 0 Å². The highest BCUT2D eigenvalue weighted by Gasteiger charge is 2.23. The van der Waals surface area contributed by atoms with Crippen molar-refractivity contribution in [2.45, 2.75) is 19.0 Å². The minimum Gasteiger partial charge on any atom is -0.370 e. The SMILES string of the molecule is NC(N)=NCC(=O)N[C@H]1CCN(Cc2ccccc2)C1. The van der Waals surface area contributed by atoms with Gasteiger partial charge in [-0.05, 0) is 12.0 Å². The molecule has 0 radical (unpaired) electrons. The van der Waals surface area contributed by atoms with Crippen molar-refractivity contribution in [1.29, 1.82) is 0 Å². The molecule has 0 spiro atoms. The standard InChI is InChI=1S/C14H21N5O/c15-14(16)17-8-13(20)18-12-6-7-19(10-12)9-11-4-2-1-3-5-11/h1-5,12H,6-10H2,(H,18,20)(H4,15,16,17)/t12-/m0/s1. The zero-order valence-corrected chi connectivity index (χ0v) is 11.5. The highest BCUT2D eigenvalue weighted by molar-refractivity contribution is 5.83. The van der Waals surface area contributed by atoms with Crippen LogP contribution >= 0.6 is 0 Å². The van der Waals surface area contributed by atoms with E-state index in [1.165, 1.54) is 5.56 Å². The molecule has 2 rings (SSSR count). The Bertz CT molecular complexity index is 470. The molecule has 0 bridgehead atoms. The summed E-state index contributed by atoms with van der Waals surface area (Å²) in [4.78, 5) is 17.7. The van der Waals surface area contributed by atoms with Crippen LogP contribution in [-0.4, -0.2) is 42.4 Å². The predicted molar refractivity (Wildman–Crippen MR) is 78.9 cm³/mol. The molecule has 1 aromatic rings. The van der Waals surface area contributed by atoms with Gasteiger partial charge in [0.1, 0.15) is 6.54 Å². The summed E-state index contributed by atoms with van der Waals surface area (Å²) in [5.74, 6) is -0.192. The van der Waals surface area contributed by atoms with Gasteiger partial charge in [0, 0.05) is 25.7 Å². The Morgan fingerprint density at radius 3 is 2.80 bits per heavy atom. The minimum absolute atomic E-state index is 0.00246. The predicted octanol–water partition coefficient (Wildman–Crippen LogP) is -0.349. The zero-order chi connectivity index (χ0) is 14.4. The number of hydrogen-bond donors (Lipinski definition) is 3. The number of nitrogens with two attached hydrogens (primary N) is 2. The van der Waals surface area contributed by atoms with Crippen LogP contribution in [0.1, 0.15) is 12.0 Å². The molecule has 1 saturated heterocycles. The number of carbonyl (C=O) groups is 1. The highest BCUT2D eigenvalue weighted by Crippen LogP contribution is 2.13. The Hall–Kier alpha value is -2.08. The van der Waals surface area contributed by atoms with Gasteiger partial charge in [-0.15, -0.1) is 0 Å². The van der Waals surface area contributed by atoms with E-state index in [0.717, 1.165) is 26.1 Å². The largest absolute Gasteiger partial charge is 0.370 e. The van der Waals surface area contributed by atoms with E-state index in [2.05, 4.69) is 27.3 Å². The molecule has 1 heterocycles. The van der Waals surface area contributed by atoms with Crippen LogP contribution < -0.4 is 16.8 Å². The monoisotopic (exact) mass is 275 g/mol. The number of likely N-dealkylation sites (tertiary alicyclic amines) is 1. The van der Waals surface area contributed by atoms with Crippen molar-refractivity contribution < 1.29 is 4.79 Å². The van der Waals surface area contributed by atoms with Crippen molar-refractivity contribution in [2.75, 3.05) is 19.6 Å². The lowest BCUT2D eigenvalue weighted by atomic mass is 10.2. The fourth-order valence-corrected chi connectivity index (χ4v) is 2.37. The first kappa shape index (κ1) is 14.3. The van der Waals surface area contributed by atoms with Gasteiger partial charge in [-0.3, -0.25) is 9.69 Å². The van der Waals surface area contributed by atoms with Crippen molar-refractivity contribution in [3.63, 3.8) is 0 Å². The summed E-state index contributed by atoms with van der Waals surface area (Å²) in [6.07, 6.45) is 0.959. The van der Waals surface area contributed by atoms with Gasteiger partial charge in [-0.1, -0.05) is 30.3 Å². The molecule has 0 aliphatic carbocycles. The summed E-state index contributed by atoms with van der Waals surface area (Å²) < 4.78 is 0. The molecule has 1 atom stereocenters. The second kappa shape index (κ2) is 6.91. The third kappa shape index (κ3) is 4.55. The maximum atomic E-state index is 11.6. The minimum atomic E-state index is -0.134. The third-order valence-electron chi connectivity index (χ3n) is 3.29. The van der Waals surface area contributed by atoms with Crippen LogP contribution in [-0.2, 0) is 11.3 Å². The van der Waals surface area contributed by atoms with Gasteiger partial charge in [0.25, 0.3) is 0 Å². The summed E-state index contributed by atoms with van der Waals surface area (Å²) in [6, 6.07) is 10.5. The Balaban J connectivity index is 1.75. The molecule has 1 aliphatic heterocycles. The Morgan fingerprint density at radius 1 is 1.35 bits per heavy atom. The summed E-state index contributed by atoms with van der Waals surface area (Å²) in [6.45, 7) is 2.77. The van der Waals surface area contributed by atoms with Crippen LogP contribution in [0, 0.1) is 0 Å². The highest BCUT2D eigenvalue weighted by atomic mass is 16.1. The van der Waals surface area contributed by atoms with E-state index < -0.39 is 0 Å². The van der Waals surface area contributed by atoms with E-state index in [9.17, 15) is 4.79 Å². The van der Waals surface area contributed by atoms with E-state index >= 15 is 0 Å². The second-order valence-corrected chi connectivity index (χ2v) is 5.01. The molecule has 1 fully saturated rings. The molecule has 20 heavy (non-hydrogen) atoms. The molecule has 6 heteroatoms. The number of benzene rings is 1. The number of aliphatic imine (C=N–C) groups is 1. The van der Waals surface area contributed by atoms with E-state index in [1.807, 2.05) is 18.2 Å². The fraction of sp³-hybridized carbons (Fsp3) is 0.429. The van der Waals surface area contributed by atoms with Crippen molar-refractivity contribution >= 4 is 11.9 Å². The Labute approximate surface area is 118 Å². The molecule has 0 saturated carbocycles. The van der Waals surface area contributed by atoms with Gasteiger partial charge in [-0.25, -0.2) is 4.99 Å². The van der Waals surface area contributed by atoms with Crippen LogP contribution in [0.3, 0.4) is 0 Å². The van der Waals surface area contributed by atoms with E-state index in [1.54, 1.807) is 0 Å². The normalized spacial score (nSPS) is 18.7. The second-order valence-electron chi connectivity index (χ2n) is 5.01. The van der Waals surface area contributed by atoms with Gasteiger partial charge in [0.05, 0.1) is 0 Å². The van der Waals surface area contributed by atoms with Crippen LogP contribution in [0.5, 0.6) is 0 Å². The van der Waals surface area contributed by atoms with Gasteiger partial charge in [-0.2, -0.15) is 0 Å². The molecule has 0 unspecified atom stereocenters. The molecule has 108 valence electrons. The molecule has 1 amide bonds. The van der Waals surface area contributed by atoms with Crippen molar-refractivity contribution in [1.82, 2.24) is 10.2 Å². The zero-order valence-electron chi connectivity index (χ0n) is 11.5. The first-order chi connectivity index (χ1) is 9.63. The summed E-state index contributed by atoms with van der Waals surface area (Å²) in [5, 5.41) is 2.95. The number of rotatable bonds is 5. The molecular formula is C14H21N5O. The summed E-state index contributed by atoms with van der Waals surface area (Å²) in [7, 11) is 0. The van der Waals surface area contributed by atoms with Crippen LogP contribution in [0.25, 0.3) is 0 Å². The van der Waals surface area contributed by atoms with Crippen LogP contribution in [0.2, 0.25) is 0 Å². The average Bonchev–Trinajstić information content (AvgIpc) is 2.85. The third-order valence-corrected chi connectivity index (χ3v) is 3.29. The summed E-state index contributed by atoms with van der Waals surface area (Å²) >= 11 is 0. The number of amides is 1. The van der Waals surface area contributed by atoms with E-state index in [-0.39, 0.29) is 24.5 Å². The molecule has 1 aliphatic rings. The van der Waals surface area contributed by atoms with Crippen LogP contribution in [0.15, 0.2) is 35.3 Å². The number of guanidine groups is 1. The van der Waals surface area contributed by atoms with Gasteiger partial charge in [0.15, 0.2) is 5.96 Å². The molecular weight excluding hydrogens is 254 g/mol. The van der Waals surface area contributed by atoms with Gasteiger partial charge < -0.3 is 16.8 Å². The van der Waals surface area contributed by atoms with E-state index in [4.69, 9.17) is 11.5 Å². The maximum absolute atomic E-state index is 11.6. The van der Waals surface area contributed by atoms with Crippen molar-refractivity contribution in [3.05, 3.63) is 35.9 Å². The lowest BCUT2D eigenvalue weighted by Crippen LogP contribution is -2.38. The molecule has 6 nitrogen and oxygen atoms in total. The molecule has 5 N–H and O–H groups in total. The molecule has 0 aromatic heterocycles. The first-order valence-electron chi connectivity index (χ1n) is 6.74. The Kier molecular flexibility index (Phi) is 4.95. The van der Waals surface area contributed by atoms with Crippen LogP contribution in [0.4, 0.5) is 0 Å². The van der Waals surface area contributed by atoms with Crippen molar-refractivity contribution in [2.24, 2.45) is 16.5 Å². The lowest BCUT2D eigenvalue weighted by molar-refractivity contribution is -0.120. The first-order valence-corrected chi connectivity index (χ1v) is 6.74. The smallest absolute Gasteiger partial charge is 0.242 e. The number of nitrogens with one attached hydrogen (secondary N) is 1. The number of carbonyl (C=O) groups excluding carboxylic acids is 1. The topological polar surface area (TPSA) is 96.7 Å². The van der Waals surface area contributed by atoms with Gasteiger partial charge in [0.2, 0.25) is 5.91 Å². The average molecular weight is 275 g/mol. The molecule has 1 aromatic carbocycles. The number of hydrogen-bond acceptors (Lipinski definition) is 3. The summed E-state index contributed by atoms with van der Waals surface area (Å²) in [5.41, 5.74) is 11.7. The number of nitrogens with zero attached hydrogens (tertiary/aromatic N) is 2. The lowest BCUT2D eigenvalue weighted by Gasteiger charge is -2.16. The fourth-order valence-electron chi connectivity index (χ4n) is 2.37. The van der Waals surface area contributed by atoms with E-state index in [0.29, 0.717) is 0 Å². The maximum Gasteiger partial charge on any atom is 0.242 e. The quantitative estimate of drug-likeness (QED) is 0.505.